The van der Waals surface area contributed by atoms with Crippen molar-refractivity contribution < 1.29 is 1.43 Å². The molecule has 2 heteroatoms. The zero-order valence-corrected chi connectivity index (χ0v) is 9.31. The van der Waals surface area contributed by atoms with Gasteiger partial charge in [-0.2, -0.15) is 0 Å². The van der Waals surface area contributed by atoms with E-state index in [1.807, 2.05) is 0 Å². The van der Waals surface area contributed by atoms with Crippen molar-refractivity contribution in [3.05, 3.63) is 0 Å². The first-order valence-corrected chi connectivity index (χ1v) is 5.73. The molecule has 0 unspecified atom stereocenters. The number of hydrogen-bond donors (Lipinski definition) is 1. The topological polar surface area (TPSA) is 26.0 Å². The fourth-order valence-electron chi connectivity index (χ4n) is 1.30. The van der Waals surface area contributed by atoms with E-state index in [1.54, 1.807) is 0 Å². The SMILES string of the molecule is CC(C)(C)[SiH](N)C(C)(C)C.[H+]. The summed E-state index contributed by atoms with van der Waals surface area (Å²) in [5.74, 6) is 0. The average Bonchev–Trinajstić information content (AvgIpc) is 1.59. The van der Waals surface area contributed by atoms with E-state index in [9.17, 15) is 0 Å². The minimum Gasteiger partial charge on any atom is -0.352 e. The lowest BCUT2D eigenvalue weighted by Crippen LogP contribution is -2.43. The Morgan fingerprint density at radius 2 is 1.10 bits per heavy atom. The molecule has 0 aromatic carbocycles. The predicted molar refractivity (Wildman–Crippen MR) is 51.9 cm³/mol. The fourth-order valence-corrected chi connectivity index (χ4v) is 3.90. The number of rotatable bonds is 0. The molecule has 0 fully saturated rings. The van der Waals surface area contributed by atoms with Crippen LogP contribution in [0.2, 0.25) is 10.1 Å². The van der Waals surface area contributed by atoms with E-state index < -0.39 is 8.96 Å². The van der Waals surface area contributed by atoms with Crippen LogP contribution in [-0.2, 0) is 0 Å². The zero-order chi connectivity index (χ0) is 8.58. The van der Waals surface area contributed by atoms with Gasteiger partial charge in [0.15, 0.2) is 0 Å². The maximum Gasteiger partial charge on any atom is 1.00 e. The van der Waals surface area contributed by atoms with E-state index in [0.29, 0.717) is 10.1 Å². The largest absolute Gasteiger partial charge is 1.00 e. The molecule has 0 aromatic rings. The molecule has 0 saturated carbocycles. The van der Waals surface area contributed by atoms with Gasteiger partial charge in [-0.05, 0) is 10.1 Å². The van der Waals surface area contributed by atoms with E-state index in [4.69, 9.17) is 5.40 Å². The summed E-state index contributed by atoms with van der Waals surface area (Å²) in [4.78, 5) is 0. The van der Waals surface area contributed by atoms with Crippen LogP contribution in [0.3, 0.4) is 0 Å². The van der Waals surface area contributed by atoms with Crippen molar-refractivity contribution in [1.82, 2.24) is 0 Å². The van der Waals surface area contributed by atoms with Crippen LogP contribution in [0.1, 0.15) is 43.0 Å². The second-order valence-electron chi connectivity index (χ2n) is 5.21. The molecule has 0 heterocycles. The molecule has 10 heavy (non-hydrogen) atoms. The third-order valence-corrected chi connectivity index (χ3v) is 5.60. The highest BCUT2D eigenvalue weighted by atomic mass is 28.3. The zero-order valence-electron chi connectivity index (χ0n) is 9.15. The van der Waals surface area contributed by atoms with Crippen LogP contribution in [0.15, 0.2) is 0 Å². The van der Waals surface area contributed by atoms with Gasteiger partial charge in [-0.3, -0.25) is 0 Å². The molecule has 0 aliphatic carbocycles. The molecule has 1 nitrogen and oxygen atoms in total. The van der Waals surface area contributed by atoms with Gasteiger partial charge < -0.3 is 5.40 Å². The Hall–Kier alpha value is 0.177. The minimum absolute atomic E-state index is 0. The summed E-state index contributed by atoms with van der Waals surface area (Å²) in [6, 6.07) is 0. The molecule has 0 aromatic heterocycles. The van der Waals surface area contributed by atoms with Crippen LogP contribution >= 0.6 is 0 Å². The second kappa shape index (κ2) is 2.66. The molecule has 0 aliphatic heterocycles. The monoisotopic (exact) mass is 160 g/mol. The summed E-state index contributed by atoms with van der Waals surface area (Å²) < 4.78 is 0. The van der Waals surface area contributed by atoms with Crippen molar-refractivity contribution in [2.24, 2.45) is 5.40 Å². The first-order chi connectivity index (χ1) is 4.15. The van der Waals surface area contributed by atoms with Crippen LogP contribution in [0.25, 0.3) is 0 Å². The third kappa shape index (κ3) is 2.84. The summed E-state index contributed by atoms with van der Waals surface area (Å²) in [6.45, 7) is 13.5. The van der Waals surface area contributed by atoms with Gasteiger partial charge in [-0.1, -0.05) is 41.5 Å². The van der Waals surface area contributed by atoms with Gasteiger partial charge in [0.25, 0.3) is 0 Å². The molecule has 0 saturated heterocycles. The van der Waals surface area contributed by atoms with Crippen molar-refractivity contribution >= 4 is 8.96 Å². The molecule has 0 rings (SSSR count). The molecule has 2 N–H and O–H groups in total. The molecular weight excluding hydrogens is 138 g/mol. The van der Waals surface area contributed by atoms with Crippen molar-refractivity contribution in [2.45, 2.75) is 51.6 Å². The van der Waals surface area contributed by atoms with Gasteiger partial charge in [-0.15, -0.1) is 0 Å². The number of hydrogen-bond acceptors (Lipinski definition) is 1. The van der Waals surface area contributed by atoms with Crippen LogP contribution in [0, 0.1) is 0 Å². The van der Waals surface area contributed by atoms with Crippen molar-refractivity contribution in [2.75, 3.05) is 0 Å². The summed E-state index contributed by atoms with van der Waals surface area (Å²) in [5.41, 5.74) is 0. The Balaban J connectivity index is 0. The Bertz CT molecular complexity index is 98.2. The molecule has 0 aliphatic rings. The summed E-state index contributed by atoms with van der Waals surface area (Å²) >= 11 is 0. The van der Waals surface area contributed by atoms with Crippen molar-refractivity contribution in [1.29, 1.82) is 0 Å². The highest BCUT2D eigenvalue weighted by Gasteiger charge is 2.33. The smallest absolute Gasteiger partial charge is 0.352 e. The van der Waals surface area contributed by atoms with Crippen molar-refractivity contribution in [3.8, 4) is 0 Å². The minimum atomic E-state index is -1.08. The molecule has 0 amide bonds. The Morgan fingerprint density at radius 3 is 1.10 bits per heavy atom. The third-order valence-electron chi connectivity index (χ3n) is 1.87. The Morgan fingerprint density at radius 1 is 0.900 bits per heavy atom. The molecular formula is C8H22NSi+. The lowest BCUT2D eigenvalue weighted by Gasteiger charge is -2.35. The molecule has 62 valence electrons. The van der Waals surface area contributed by atoms with Crippen LogP contribution in [0.5, 0.6) is 0 Å². The normalized spacial score (nSPS) is 14.4. The fraction of sp³-hybridized carbons (Fsp3) is 1.00. The molecule has 0 spiro atoms. The van der Waals surface area contributed by atoms with E-state index in [0.717, 1.165) is 0 Å². The Labute approximate surface area is 68.2 Å². The first kappa shape index (κ1) is 10.2. The highest BCUT2D eigenvalue weighted by Crippen LogP contribution is 2.38. The van der Waals surface area contributed by atoms with Gasteiger partial charge in [0, 0.05) is 0 Å². The predicted octanol–water partition coefficient (Wildman–Crippen LogP) is 2.38. The van der Waals surface area contributed by atoms with Crippen molar-refractivity contribution in [3.63, 3.8) is 0 Å². The maximum absolute atomic E-state index is 6.17. The first-order valence-electron chi connectivity index (χ1n) is 3.91. The van der Waals surface area contributed by atoms with E-state index in [-0.39, 0.29) is 1.43 Å². The summed E-state index contributed by atoms with van der Waals surface area (Å²) in [7, 11) is -1.08. The summed E-state index contributed by atoms with van der Waals surface area (Å²) in [6.07, 6.45) is 0. The standard InChI is InChI=1S/C8H21NSi/c1-7(2,3)10(9)8(4,5)6/h10H,9H2,1-6H3/p+1. The van der Waals surface area contributed by atoms with Gasteiger partial charge in [-0.25, -0.2) is 0 Å². The van der Waals surface area contributed by atoms with Crippen LogP contribution < -0.4 is 5.40 Å². The van der Waals surface area contributed by atoms with Crippen LogP contribution in [-0.4, -0.2) is 8.96 Å². The second-order valence-corrected chi connectivity index (χ2v) is 9.63. The average molecular weight is 160 g/mol. The Kier molecular flexibility index (Phi) is 2.71. The van der Waals surface area contributed by atoms with Gasteiger partial charge in [0.2, 0.25) is 0 Å². The lowest BCUT2D eigenvalue weighted by molar-refractivity contribution is 0.641. The van der Waals surface area contributed by atoms with Gasteiger partial charge in [0.1, 0.15) is 8.96 Å². The quantitative estimate of drug-likeness (QED) is 0.541. The van der Waals surface area contributed by atoms with E-state index in [2.05, 4.69) is 41.5 Å². The van der Waals surface area contributed by atoms with Gasteiger partial charge >= 0.3 is 1.43 Å². The summed E-state index contributed by atoms with van der Waals surface area (Å²) in [5, 5.41) is 6.89. The number of nitrogens with two attached hydrogens (primary N) is 1. The van der Waals surface area contributed by atoms with E-state index >= 15 is 0 Å². The van der Waals surface area contributed by atoms with Gasteiger partial charge in [0.05, 0.1) is 0 Å². The molecule has 0 bridgehead atoms. The van der Waals surface area contributed by atoms with E-state index in [1.165, 1.54) is 0 Å². The molecule has 0 radical (unpaired) electrons. The highest BCUT2D eigenvalue weighted by molar-refractivity contribution is 6.61. The molecule has 0 atom stereocenters. The maximum atomic E-state index is 6.17. The lowest BCUT2D eigenvalue weighted by atomic mass is 10.2. The van der Waals surface area contributed by atoms with Crippen LogP contribution in [0.4, 0.5) is 0 Å².